The number of hydrogen-bond donors (Lipinski definition) is 2. The Bertz CT molecular complexity index is 458. The Morgan fingerprint density at radius 3 is 2.58 bits per heavy atom. The number of benzene rings is 1. The van der Waals surface area contributed by atoms with Crippen LogP contribution in [0.15, 0.2) is 18.2 Å². The number of aliphatic hydroxyl groups excluding tert-OH is 1. The molecule has 0 aliphatic heterocycles. The highest BCUT2D eigenvalue weighted by Gasteiger charge is 2.17. The van der Waals surface area contributed by atoms with Gasteiger partial charge in [0.15, 0.2) is 0 Å². The van der Waals surface area contributed by atoms with Crippen LogP contribution >= 0.6 is 0 Å². The fraction of sp³-hybridized carbons (Fsp3) is 0.538. The molecule has 1 aromatic carbocycles. The normalized spacial score (nSPS) is 13.1. The number of non-ortho nitro benzene ring substituents is 1. The predicted molar refractivity (Wildman–Crippen MR) is 71.6 cm³/mol. The van der Waals surface area contributed by atoms with Gasteiger partial charge in [0.1, 0.15) is 5.82 Å². The number of halogens is 1. The van der Waals surface area contributed by atoms with Gasteiger partial charge in [-0.05, 0) is 17.9 Å². The number of rotatable bonds is 5. The van der Waals surface area contributed by atoms with Gasteiger partial charge in [0.25, 0.3) is 5.69 Å². The third-order valence-electron chi connectivity index (χ3n) is 2.48. The van der Waals surface area contributed by atoms with Crippen LogP contribution in [0.25, 0.3) is 0 Å². The van der Waals surface area contributed by atoms with E-state index in [-0.39, 0.29) is 17.6 Å². The van der Waals surface area contributed by atoms with Gasteiger partial charge in [-0.3, -0.25) is 10.1 Å². The molecule has 1 rings (SSSR count). The molecule has 0 aromatic heterocycles. The summed E-state index contributed by atoms with van der Waals surface area (Å²) in [5.74, 6) is -0.679. The first kappa shape index (κ1) is 15.4. The number of nitro benzene ring substituents is 1. The van der Waals surface area contributed by atoms with Crippen molar-refractivity contribution >= 4 is 11.4 Å². The molecule has 0 aliphatic carbocycles. The lowest BCUT2D eigenvalue weighted by molar-refractivity contribution is -0.385. The van der Waals surface area contributed by atoms with Crippen molar-refractivity contribution in [1.82, 2.24) is 0 Å². The molecule has 19 heavy (non-hydrogen) atoms. The molecule has 1 atom stereocenters. The summed E-state index contributed by atoms with van der Waals surface area (Å²) in [6, 6.07) is 3.26. The number of nitro groups is 1. The van der Waals surface area contributed by atoms with Crippen molar-refractivity contribution in [3.8, 4) is 0 Å². The van der Waals surface area contributed by atoms with Gasteiger partial charge < -0.3 is 10.4 Å². The summed E-state index contributed by atoms with van der Waals surface area (Å²) >= 11 is 0. The van der Waals surface area contributed by atoms with Gasteiger partial charge in [-0.15, -0.1) is 0 Å². The van der Waals surface area contributed by atoms with Crippen molar-refractivity contribution in [1.29, 1.82) is 0 Å². The summed E-state index contributed by atoms with van der Waals surface area (Å²) in [7, 11) is 0. The minimum atomic E-state index is -0.679. The topological polar surface area (TPSA) is 75.4 Å². The van der Waals surface area contributed by atoms with Gasteiger partial charge in [-0.1, -0.05) is 20.8 Å². The van der Waals surface area contributed by atoms with E-state index >= 15 is 0 Å². The zero-order chi connectivity index (χ0) is 14.6. The molecule has 0 fully saturated rings. The van der Waals surface area contributed by atoms with Gasteiger partial charge >= 0.3 is 0 Å². The third-order valence-corrected chi connectivity index (χ3v) is 2.48. The Hall–Kier alpha value is -1.69. The lowest BCUT2D eigenvalue weighted by Gasteiger charge is -2.22. The van der Waals surface area contributed by atoms with E-state index in [1.54, 1.807) is 0 Å². The molecular formula is C13H19FN2O3. The van der Waals surface area contributed by atoms with Crippen LogP contribution in [0.4, 0.5) is 15.8 Å². The average Bonchev–Trinajstić information content (AvgIpc) is 2.23. The number of anilines is 1. The Morgan fingerprint density at radius 2 is 2.05 bits per heavy atom. The van der Waals surface area contributed by atoms with E-state index in [0.717, 1.165) is 12.1 Å². The highest BCUT2D eigenvalue weighted by atomic mass is 19.1. The molecule has 0 bridgehead atoms. The maximum Gasteiger partial charge on any atom is 0.274 e. The highest BCUT2D eigenvalue weighted by Crippen LogP contribution is 2.22. The van der Waals surface area contributed by atoms with Crippen LogP contribution in [-0.2, 0) is 0 Å². The van der Waals surface area contributed by atoms with Crippen LogP contribution in [0.5, 0.6) is 0 Å². The van der Waals surface area contributed by atoms with Gasteiger partial charge in [0.05, 0.1) is 17.1 Å². The minimum absolute atomic E-state index is 0.0188. The molecule has 0 radical (unpaired) electrons. The number of nitrogens with one attached hydrogen (secondary N) is 1. The monoisotopic (exact) mass is 270 g/mol. The Labute approximate surface area is 111 Å². The van der Waals surface area contributed by atoms with Crippen LogP contribution < -0.4 is 5.32 Å². The van der Waals surface area contributed by atoms with Crippen molar-refractivity contribution in [2.75, 3.05) is 11.9 Å². The molecule has 2 N–H and O–H groups in total. The summed E-state index contributed by atoms with van der Waals surface area (Å²) in [4.78, 5) is 9.94. The number of nitrogens with zero attached hydrogens (tertiary/aromatic N) is 1. The Kier molecular flexibility index (Phi) is 4.83. The molecule has 106 valence electrons. The molecule has 1 aromatic rings. The zero-order valence-electron chi connectivity index (χ0n) is 11.3. The summed E-state index contributed by atoms with van der Waals surface area (Å²) in [5.41, 5.74) is -0.0397. The second kappa shape index (κ2) is 5.97. The Balaban J connectivity index is 2.65. The lowest BCUT2D eigenvalue weighted by atomic mass is 9.89. The second-order valence-corrected chi connectivity index (χ2v) is 5.75. The molecule has 0 amide bonds. The van der Waals surface area contributed by atoms with E-state index in [0.29, 0.717) is 12.1 Å². The first-order valence-electron chi connectivity index (χ1n) is 6.04. The molecule has 1 unspecified atom stereocenters. The van der Waals surface area contributed by atoms with E-state index in [4.69, 9.17) is 0 Å². The van der Waals surface area contributed by atoms with Crippen molar-refractivity contribution in [3.63, 3.8) is 0 Å². The SMILES string of the molecule is CC(C)(C)CC(O)CNc1cc(F)cc([N+](=O)[O-])c1. The maximum absolute atomic E-state index is 13.2. The highest BCUT2D eigenvalue weighted by molar-refractivity contribution is 5.51. The van der Waals surface area contributed by atoms with Crippen molar-refractivity contribution in [2.45, 2.75) is 33.3 Å². The van der Waals surface area contributed by atoms with Gasteiger partial charge in [-0.25, -0.2) is 4.39 Å². The van der Waals surface area contributed by atoms with Gasteiger partial charge in [0, 0.05) is 18.3 Å². The molecule has 0 saturated heterocycles. The fourth-order valence-electron chi connectivity index (χ4n) is 1.80. The summed E-state index contributed by atoms with van der Waals surface area (Å²) in [6.45, 7) is 6.23. The largest absolute Gasteiger partial charge is 0.391 e. The lowest BCUT2D eigenvalue weighted by Crippen LogP contribution is -2.25. The molecule has 5 nitrogen and oxygen atoms in total. The molecule has 0 saturated carbocycles. The molecule has 0 aliphatic rings. The summed E-state index contributed by atoms with van der Waals surface area (Å²) in [5, 5.41) is 23.2. The van der Waals surface area contributed by atoms with E-state index in [9.17, 15) is 19.6 Å². The quantitative estimate of drug-likeness (QED) is 0.637. The average molecular weight is 270 g/mol. The van der Waals surface area contributed by atoms with Crippen LogP contribution in [0.1, 0.15) is 27.2 Å². The van der Waals surface area contributed by atoms with Crippen LogP contribution in [0, 0.1) is 21.3 Å². The number of hydrogen-bond acceptors (Lipinski definition) is 4. The van der Waals surface area contributed by atoms with E-state index in [1.165, 1.54) is 6.07 Å². The summed E-state index contributed by atoms with van der Waals surface area (Å²) in [6.07, 6.45) is -0.0143. The number of aliphatic hydroxyl groups is 1. The van der Waals surface area contributed by atoms with Crippen LogP contribution in [-0.4, -0.2) is 22.7 Å². The molecule has 6 heteroatoms. The van der Waals surface area contributed by atoms with Crippen LogP contribution in [0.2, 0.25) is 0 Å². The zero-order valence-corrected chi connectivity index (χ0v) is 11.3. The molecule has 0 heterocycles. The summed E-state index contributed by atoms with van der Waals surface area (Å²) < 4.78 is 13.2. The van der Waals surface area contributed by atoms with Crippen molar-refractivity contribution in [3.05, 3.63) is 34.1 Å². The van der Waals surface area contributed by atoms with Crippen molar-refractivity contribution < 1.29 is 14.4 Å². The standard InChI is InChI=1S/C13H19FN2O3/c1-13(2,3)7-12(17)8-15-10-4-9(14)5-11(6-10)16(18)19/h4-6,12,15,17H,7-8H2,1-3H3. The minimum Gasteiger partial charge on any atom is -0.391 e. The van der Waals surface area contributed by atoms with Crippen LogP contribution in [0.3, 0.4) is 0 Å². The van der Waals surface area contributed by atoms with E-state index < -0.39 is 16.8 Å². The first-order valence-corrected chi connectivity index (χ1v) is 6.04. The van der Waals surface area contributed by atoms with E-state index in [2.05, 4.69) is 5.32 Å². The predicted octanol–water partition coefficient (Wildman–Crippen LogP) is 2.94. The van der Waals surface area contributed by atoms with Gasteiger partial charge in [-0.2, -0.15) is 0 Å². The smallest absolute Gasteiger partial charge is 0.274 e. The fourth-order valence-corrected chi connectivity index (χ4v) is 1.80. The third kappa shape index (κ3) is 5.65. The second-order valence-electron chi connectivity index (χ2n) is 5.75. The molecule has 0 spiro atoms. The first-order chi connectivity index (χ1) is 8.67. The maximum atomic E-state index is 13.2. The van der Waals surface area contributed by atoms with Gasteiger partial charge in [0.2, 0.25) is 0 Å². The molecular weight excluding hydrogens is 251 g/mol. The van der Waals surface area contributed by atoms with E-state index in [1.807, 2.05) is 20.8 Å². The van der Waals surface area contributed by atoms with Crippen molar-refractivity contribution in [2.24, 2.45) is 5.41 Å². The Morgan fingerprint density at radius 1 is 1.42 bits per heavy atom.